The van der Waals surface area contributed by atoms with Gasteiger partial charge in [0.25, 0.3) is 0 Å². The minimum atomic E-state index is -0.944. The number of aromatic nitrogens is 3. The summed E-state index contributed by atoms with van der Waals surface area (Å²) in [4.78, 5) is 8.06. The van der Waals surface area contributed by atoms with Gasteiger partial charge in [0.1, 0.15) is 6.10 Å². The molecule has 2 unspecified atom stereocenters. The molecular weight excluding hydrogens is 220 g/mol. The number of fused-ring (bicyclic) bond motifs is 1. The van der Waals surface area contributed by atoms with Crippen LogP contribution in [0.15, 0.2) is 24.8 Å². The average molecular weight is 236 g/mol. The van der Waals surface area contributed by atoms with Crippen LogP contribution in [0, 0.1) is 0 Å². The Bertz CT molecular complexity index is 485. The van der Waals surface area contributed by atoms with Crippen molar-refractivity contribution in [1.82, 2.24) is 19.7 Å². The summed E-state index contributed by atoms with van der Waals surface area (Å²) in [6.07, 6.45) is 5.23. The van der Waals surface area contributed by atoms with Crippen LogP contribution >= 0.6 is 0 Å². The number of hydrogen-bond acceptors (Lipinski definition) is 5. The third-order valence-electron chi connectivity index (χ3n) is 2.70. The van der Waals surface area contributed by atoms with Gasteiger partial charge in [0.15, 0.2) is 5.65 Å². The summed E-state index contributed by atoms with van der Waals surface area (Å²) >= 11 is 0. The standard InChI is InChI=1S/C11H16N4O2/c1-12-3-2-9(16)11(17)8-6-14-10-7-13-4-5-15(8)10/h4-7,9,11-12,16-17H,2-3H2,1H3. The van der Waals surface area contributed by atoms with Crippen molar-refractivity contribution in [3.63, 3.8) is 0 Å². The fraction of sp³-hybridized carbons (Fsp3) is 0.455. The smallest absolute Gasteiger partial charge is 0.155 e. The maximum absolute atomic E-state index is 10.0. The fourth-order valence-electron chi connectivity index (χ4n) is 1.73. The summed E-state index contributed by atoms with van der Waals surface area (Å²) in [7, 11) is 1.80. The largest absolute Gasteiger partial charge is 0.390 e. The van der Waals surface area contributed by atoms with Gasteiger partial charge in [-0.25, -0.2) is 4.98 Å². The molecule has 17 heavy (non-hydrogen) atoms. The fourth-order valence-corrected chi connectivity index (χ4v) is 1.73. The summed E-state index contributed by atoms with van der Waals surface area (Å²) in [5.41, 5.74) is 1.23. The zero-order chi connectivity index (χ0) is 12.3. The van der Waals surface area contributed by atoms with Crippen LogP contribution < -0.4 is 5.32 Å². The highest BCUT2D eigenvalue weighted by molar-refractivity contribution is 5.37. The van der Waals surface area contributed by atoms with E-state index < -0.39 is 12.2 Å². The van der Waals surface area contributed by atoms with Crippen molar-refractivity contribution in [2.24, 2.45) is 0 Å². The summed E-state index contributed by atoms with van der Waals surface area (Å²) in [6.45, 7) is 0.649. The van der Waals surface area contributed by atoms with Gasteiger partial charge in [0.2, 0.25) is 0 Å². The highest BCUT2D eigenvalue weighted by atomic mass is 16.3. The molecular formula is C11H16N4O2. The van der Waals surface area contributed by atoms with Crippen LogP contribution in [-0.2, 0) is 0 Å². The third-order valence-corrected chi connectivity index (χ3v) is 2.70. The second-order valence-corrected chi connectivity index (χ2v) is 3.89. The Labute approximate surface area is 99.0 Å². The lowest BCUT2D eigenvalue weighted by Gasteiger charge is -2.17. The van der Waals surface area contributed by atoms with Crippen LogP contribution in [0.1, 0.15) is 18.2 Å². The van der Waals surface area contributed by atoms with E-state index in [2.05, 4.69) is 15.3 Å². The molecule has 2 aromatic rings. The van der Waals surface area contributed by atoms with E-state index in [-0.39, 0.29) is 0 Å². The molecule has 0 aliphatic rings. The van der Waals surface area contributed by atoms with E-state index >= 15 is 0 Å². The lowest BCUT2D eigenvalue weighted by molar-refractivity contribution is 0.0110. The quantitative estimate of drug-likeness (QED) is 0.666. The highest BCUT2D eigenvalue weighted by Crippen LogP contribution is 2.19. The lowest BCUT2D eigenvalue weighted by Crippen LogP contribution is -2.24. The minimum Gasteiger partial charge on any atom is -0.390 e. The van der Waals surface area contributed by atoms with E-state index in [1.807, 2.05) is 0 Å². The van der Waals surface area contributed by atoms with Gasteiger partial charge in [-0.1, -0.05) is 0 Å². The van der Waals surface area contributed by atoms with Crippen LogP contribution in [0.25, 0.3) is 5.65 Å². The van der Waals surface area contributed by atoms with Crippen molar-refractivity contribution in [1.29, 1.82) is 0 Å². The molecule has 6 nitrogen and oxygen atoms in total. The zero-order valence-corrected chi connectivity index (χ0v) is 9.61. The normalized spacial score (nSPS) is 15.0. The van der Waals surface area contributed by atoms with Gasteiger partial charge in [0, 0.05) is 12.4 Å². The number of hydrogen-bond donors (Lipinski definition) is 3. The lowest BCUT2D eigenvalue weighted by atomic mass is 10.1. The molecule has 0 radical (unpaired) electrons. The van der Waals surface area contributed by atoms with Gasteiger partial charge in [-0.2, -0.15) is 0 Å². The first-order chi connectivity index (χ1) is 8.24. The molecule has 0 saturated heterocycles. The number of imidazole rings is 1. The second kappa shape index (κ2) is 5.22. The van der Waals surface area contributed by atoms with Crippen LogP contribution in [0.2, 0.25) is 0 Å². The van der Waals surface area contributed by atoms with Crippen molar-refractivity contribution >= 4 is 5.65 Å². The number of nitrogens with one attached hydrogen (secondary N) is 1. The second-order valence-electron chi connectivity index (χ2n) is 3.89. The van der Waals surface area contributed by atoms with Crippen LogP contribution in [0.4, 0.5) is 0 Å². The van der Waals surface area contributed by atoms with Gasteiger partial charge in [0.05, 0.1) is 24.2 Å². The monoisotopic (exact) mass is 236 g/mol. The van der Waals surface area contributed by atoms with Crippen molar-refractivity contribution < 1.29 is 10.2 Å². The number of aliphatic hydroxyl groups excluding tert-OH is 2. The molecule has 0 aliphatic carbocycles. The van der Waals surface area contributed by atoms with Crippen LogP contribution in [0.5, 0.6) is 0 Å². The highest BCUT2D eigenvalue weighted by Gasteiger charge is 2.21. The third kappa shape index (κ3) is 2.44. The van der Waals surface area contributed by atoms with Crippen molar-refractivity contribution in [3.05, 3.63) is 30.5 Å². The molecule has 0 bridgehead atoms. The Morgan fingerprint density at radius 1 is 1.41 bits per heavy atom. The van der Waals surface area contributed by atoms with E-state index in [0.29, 0.717) is 24.3 Å². The number of aliphatic hydroxyl groups is 2. The summed E-state index contributed by atoms with van der Waals surface area (Å²) in [6, 6.07) is 0. The van der Waals surface area contributed by atoms with Gasteiger partial charge in [-0.05, 0) is 20.0 Å². The Hall–Kier alpha value is -1.50. The summed E-state index contributed by atoms with van der Waals surface area (Å²) < 4.78 is 1.72. The van der Waals surface area contributed by atoms with Crippen LogP contribution in [0.3, 0.4) is 0 Å². The first-order valence-electron chi connectivity index (χ1n) is 5.51. The molecule has 2 rings (SSSR count). The van der Waals surface area contributed by atoms with Crippen molar-refractivity contribution in [2.75, 3.05) is 13.6 Å². The van der Waals surface area contributed by atoms with E-state index in [9.17, 15) is 10.2 Å². The van der Waals surface area contributed by atoms with Crippen LogP contribution in [-0.4, -0.2) is 44.3 Å². The molecule has 0 fully saturated rings. The molecule has 2 atom stereocenters. The molecule has 3 N–H and O–H groups in total. The first-order valence-corrected chi connectivity index (χ1v) is 5.51. The predicted octanol–water partition coefficient (Wildman–Crippen LogP) is -0.267. The SMILES string of the molecule is CNCCC(O)C(O)c1cnc2cnccn12. The maximum Gasteiger partial charge on any atom is 0.155 e. The molecule has 0 saturated carbocycles. The van der Waals surface area contributed by atoms with Crippen molar-refractivity contribution in [2.45, 2.75) is 18.6 Å². The molecule has 92 valence electrons. The Morgan fingerprint density at radius 3 is 3.00 bits per heavy atom. The Morgan fingerprint density at radius 2 is 2.24 bits per heavy atom. The molecule has 2 aromatic heterocycles. The van der Waals surface area contributed by atoms with Gasteiger partial charge in [-0.3, -0.25) is 9.38 Å². The van der Waals surface area contributed by atoms with Gasteiger partial charge < -0.3 is 15.5 Å². The summed E-state index contributed by atoms with van der Waals surface area (Å²) in [5, 5.41) is 22.8. The molecule has 2 heterocycles. The average Bonchev–Trinajstić information content (AvgIpc) is 2.78. The predicted molar refractivity (Wildman–Crippen MR) is 62.5 cm³/mol. The summed E-state index contributed by atoms with van der Waals surface area (Å²) in [5.74, 6) is 0. The molecule has 0 spiro atoms. The van der Waals surface area contributed by atoms with E-state index in [1.165, 1.54) is 0 Å². The number of nitrogens with zero attached hydrogens (tertiary/aromatic N) is 3. The van der Waals surface area contributed by atoms with Gasteiger partial charge >= 0.3 is 0 Å². The minimum absolute atomic E-state index is 0.482. The molecule has 0 aliphatic heterocycles. The van der Waals surface area contributed by atoms with E-state index in [4.69, 9.17) is 0 Å². The molecule has 0 amide bonds. The first kappa shape index (κ1) is 12.0. The van der Waals surface area contributed by atoms with E-state index in [0.717, 1.165) is 0 Å². The van der Waals surface area contributed by atoms with Crippen molar-refractivity contribution in [3.8, 4) is 0 Å². The van der Waals surface area contributed by atoms with Gasteiger partial charge in [-0.15, -0.1) is 0 Å². The van der Waals surface area contributed by atoms with E-state index in [1.54, 1.807) is 36.2 Å². The zero-order valence-electron chi connectivity index (χ0n) is 9.61. The Kier molecular flexibility index (Phi) is 3.68. The molecule has 0 aromatic carbocycles. The number of rotatable bonds is 5. The maximum atomic E-state index is 10.0. The topological polar surface area (TPSA) is 82.7 Å². The molecule has 6 heteroatoms. The Balaban J connectivity index is 2.21.